The van der Waals surface area contributed by atoms with E-state index in [1.165, 1.54) is 22.3 Å². The van der Waals surface area contributed by atoms with Gasteiger partial charge in [-0.25, -0.2) is 0 Å². The van der Waals surface area contributed by atoms with E-state index >= 15 is 0 Å². The average Bonchev–Trinajstić information content (AvgIpc) is 2.40. The smallest absolute Gasteiger partial charge is 0.0545 e. The van der Waals surface area contributed by atoms with Crippen LogP contribution in [0.2, 0.25) is 0 Å². The van der Waals surface area contributed by atoms with Crippen molar-refractivity contribution in [1.82, 2.24) is 10.3 Å². The van der Waals surface area contributed by atoms with E-state index in [2.05, 4.69) is 62.3 Å². The fourth-order valence-electron chi connectivity index (χ4n) is 2.51. The highest BCUT2D eigenvalue weighted by molar-refractivity contribution is 5.38. The lowest BCUT2D eigenvalue weighted by Gasteiger charge is -2.18. The van der Waals surface area contributed by atoms with Crippen molar-refractivity contribution in [3.8, 4) is 0 Å². The van der Waals surface area contributed by atoms with Gasteiger partial charge in [0, 0.05) is 18.3 Å². The molecule has 106 valence electrons. The van der Waals surface area contributed by atoms with Crippen LogP contribution in [-0.4, -0.2) is 4.98 Å². The van der Waals surface area contributed by atoms with Crippen molar-refractivity contribution in [1.29, 1.82) is 0 Å². The Morgan fingerprint density at radius 1 is 1.00 bits per heavy atom. The van der Waals surface area contributed by atoms with E-state index in [4.69, 9.17) is 0 Å². The number of rotatable bonds is 4. The zero-order valence-electron chi connectivity index (χ0n) is 13.1. The second kappa shape index (κ2) is 6.19. The van der Waals surface area contributed by atoms with E-state index in [0.29, 0.717) is 6.04 Å². The number of aromatic nitrogens is 1. The van der Waals surface area contributed by atoms with Gasteiger partial charge in [0.05, 0.1) is 5.69 Å². The van der Waals surface area contributed by atoms with Crippen molar-refractivity contribution in [2.75, 3.05) is 0 Å². The highest BCUT2D eigenvalue weighted by Crippen LogP contribution is 2.21. The molecule has 0 spiro atoms. The molecule has 2 rings (SSSR count). The standard InChI is InChI=1S/C18H24N2/c1-12-9-14(3)18(10-13(12)2)16(5)19-11-17-8-6-7-15(4)20-17/h6-10,16,19H,11H2,1-5H3. The molecule has 0 fully saturated rings. The zero-order chi connectivity index (χ0) is 14.7. The average molecular weight is 268 g/mol. The summed E-state index contributed by atoms with van der Waals surface area (Å²) in [6.45, 7) is 11.6. The van der Waals surface area contributed by atoms with Crippen LogP contribution in [0.15, 0.2) is 30.3 Å². The van der Waals surface area contributed by atoms with Crippen molar-refractivity contribution < 1.29 is 0 Å². The highest BCUT2D eigenvalue weighted by atomic mass is 14.9. The summed E-state index contributed by atoms with van der Waals surface area (Å²) < 4.78 is 0. The predicted molar refractivity (Wildman–Crippen MR) is 84.9 cm³/mol. The summed E-state index contributed by atoms with van der Waals surface area (Å²) in [6.07, 6.45) is 0. The van der Waals surface area contributed by atoms with Crippen LogP contribution in [0.4, 0.5) is 0 Å². The Hall–Kier alpha value is -1.67. The number of hydrogen-bond donors (Lipinski definition) is 1. The molecule has 20 heavy (non-hydrogen) atoms. The number of nitrogens with zero attached hydrogens (tertiary/aromatic N) is 1. The maximum absolute atomic E-state index is 4.53. The van der Waals surface area contributed by atoms with Crippen LogP contribution in [0.3, 0.4) is 0 Å². The Kier molecular flexibility index (Phi) is 4.56. The Morgan fingerprint density at radius 3 is 2.40 bits per heavy atom. The van der Waals surface area contributed by atoms with Crippen LogP contribution in [0, 0.1) is 27.7 Å². The van der Waals surface area contributed by atoms with Gasteiger partial charge in [-0.1, -0.05) is 18.2 Å². The number of pyridine rings is 1. The van der Waals surface area contributed by atoms with Crippen molar-refractivity contribution >= 4 is 0 Å². The molecule has 0 aliphatic heterocycles. The van der Waals surface area contributed by atoms with E-state index in [9.17, 15) is 0 Å². The van der Waals surface area contributed by atoms with Gasteiger partial charge in [0.25, 0.3) is 0 Å². The third kappa shape index (κ3) is 3.45. The Labute approximate surface area is 122 Å². The molecule has 1 atom stereocenters. The first-order valence-corrected chi connectivity index (χ1v) is 7.21. The quantitative estimate of drug-likeness (QED) is 0.900. The minimum Gasteiger partial charge on any atom is -0.305 e. The summed E-state index contributed by atoms with van der Waals surface area (Å²) in [5, 5.41) is 3.57. The first-order valence-electron chi connectivity index (χ1n) is 7.21. The van der Waals surface area contributed by atoms with E-state index in [1.54, 1.807) is 0 Å². The third-order valence-electron chi connectivity index (χ3n) is 3.88. The van der Waals surface area contributed by atoms with Crippen LogP contribution in [0.5, 0.6) is 0 Å². The summed E-state index contributed by atoms with van der Waals surface area (Å²) in [7, 11) is 0. The first-order chi connectivity index (χ1) is 9.47. The summed E-state index contributed by atoms with van der Waals surface area (Å²) in [5.41, 5.74) is 7.61. The van der Waals surface area contributed by atoms with E-state index < -0.39 is 0 Å². The van der Waals surface area contributed by atoms with E-state index in [-0.39, 0.29) is 0 Å². The second-order valence-corrected chi connectivity index (χ2v) is 5.67. The second-order valence-electron chi connectivity index (χ2n) is 5.67. The molecule has 0 saturated heterocycles. The molecule has 0 radical (unpaired) electrons. The number of nitrogens with one attached hydrogen (secondary N) is 1. The molecule has 0 bridgehead atoms. The molecule has 0 saturated carbocycles. The largest absolute Gasteiger partial charge is 0.305 e. The fraction of sp³-hybridized carbons (Fsp3) is 0.389. The summed E-state index contributed by atoms with van der Waals surface area (Å²) >= 11 is 0. The number of hydrogen-bond acceptors (Lipinski definition) is 2. The first kappa shape index (κ1) is 14.7. The van der Waals surface area contributed by atoms with Gasteiger partial charge in [-0.3, -0.25) is 4.98 Å². The van der Waals surface area contributed by atoms with Crippen molar-refractivity contribution in [2.45, 2.75) is 47.2 Å². The lowest BCUT2D eigenvalue weighted by molar-refractivity contribution is 0.564. The number of benzene rings is 1. The molecule has 1 N–H and O–H groups in total. The molecule has 2 heteroatoms. The molecule has 1 aromatic carbocycles. The van der Waals surface area contributed by atoms with Crippen LogP contribution in [0.1, 0.15) is 46.6 Å². The van der Waals surface area contributed by atoms with Crippen molar-refractivity contribution in [3.63, 3.8) is 0 Å². The molecule has 2 aromatic rings. The maximum Gasteiger partial charge on any atom is 0.0545 e. The molecule has 1 heterocycles. The van der Waals surface area contributed by atoms with E-state index in [0.717, 1.165) is 17.9 Å². The van der Waals surface area contributed by atoms with Crippen molar-refractivity contribution in [2.24, 2.45) is 0 Å². The maximum atomic E-state index is 4.53. The van der Waals surface area contributed by atoms with Gasteiger partial charge >= 0.3 is 0 Å². The van der Waals surface area contributed by atoms with Gasteiger partial charge in [0.1, 0.15) is 0 Å². The Bertz CT molecular complexity index is 602. The molecule has 0 aliphatic carbocycles. The summed E-state index contributed by atoms with van der Waals surface area (Å²) in [5.74, 6) is 0. The molecule has 1 aromatic heterocycles. The summed E-state index contributed by atoms with van der Waals surface area (Å²) in [4.78, 5) is 4.53. The fourth-order valence-corrected chi connectivity index (χ4v) is 2.51. The Morgan fingerprint density at radius 2 is 1.70 bits per heavy atom. The van der Waals surface area contributed by atoms with Crippen molar-refractivity contribution in [3.05, 3.63) is 64.0 Å². The molecule has 1 unspecified atom stereocenters. The van der Waals surface area contributed by atoms with Gasteiger partial charge in [0.15, 0.2) is 0 Å². The topological polar surface area (TPSA) is 24.9 Å². The van der Waals surface area contributed by atoms with Crippen LogP contribution >= 0.6 is 0 Å². The zero-order valence-corrected chi connectivity index (χ0v) is 13.1. The molecule has 2 nitrogen and oxygen atoms in total. The summed E-state index contributed by atoms with van der Waals surface area (Å²) in [6, 6.07) is 11.1. The van der Waals surface area contributed by atoms with E-state index in [1.807, 2.05) is 13.0 Å². The SMILES string of the molecule is Cc1cccc(CNC(C)c2cc(C)c(C)cc2C)n1. The monoisotopic (exact) mass is 268 g/mol. The minimum atomic E-state index is 0.330. The van der Waals surface area contributed by atoms with Gasteiger partial charge in [-0.15, -0.1) is 0 Å². The third-order valence-corrected chi connectivity index (χ3v) is 3.88. The van der Waals surface area contributed by atoms with Crippen LogP contribution < -0.4 is 5.32 Å². The van der Waals surface area contributed by atoms with Gasteiger partial charge in [0.2, 0.25) is 0 Å². The Balaban J connectivity index is 2.09. The molecular weight excluding hydrogens is 244 g/mol. The molecule has 0 amide bonds. The molecular formula is C18H24N2. The minimum absolute atomic E-state index is 0.330. The predicted octanol–water partition coefficient (Wildman–Crippen LogP) is 4.17. The van der Waals surface area contributed by atoms with Gasteiger partial charge < -0.3 is 5.32 Å². The van der Waals surface area contributed by atoms with Gasteiger partial charge in [-0.05, 0) is 69.0 Å². The normalized spacial score (nSPS) is 12.4. The van der Waals surface area contributed by atoms with Crippen LogP contribution in [0.25, 0.3) is 0 Å². The highest BCUT2D eigenvalue weighted by Gasteiger charge is 2.10. The van der Waals surface area contributed by atoms with Gasteiger partial charge in [-0.2, -0.15) is 0 Å². The molecule has 0 aliphatic rings. The number of aryl methyl sites for hydroxylation is 4. The lowest BCUT2D eigenvalue weighted by atomic mass is 9.96. The van der Waals surface area contributed by atoms with Crippen LogP contribution in [-0.2, 0) is 6.54 Å². The lowest BCUT2D eigenvalue weighted by Crippen LogP contribution is -2.20.